The molecule has 0 N–H and O–H groups in total. The normalized spacial score (nSPS) is 13.1. The van der Waals surface area contributed by atoms with Gasteiger partial charge in [-0.25, -0.2) is 8.42 Å². The minimum Gasteiger partial charge on any atom is -0.741 e. The second kappa shape index (κ2) is 10.8. The maximum absolute atomic E-state index is 10.7. The van der Waals surface area contributed by atoms with Gasteiger partial charge in [-0.05, 0) is 0 Å². The fraction of sp³-hybridized carbons (Fsp3) is 0.154. The molecule has 0 atom stereocenters. The smallest absolute Gasteiger partial charge is 0.485 e. The van der Waals surface area contributed by atoms with E-state index in [1.807, 2.05) is 0 Å². The Labute approximate surface area is 219 Å². The minimum atomic E-state index is -6.09. The molecule has 0 unspecified atom stereocenters. The third-order valence-electron chi connectivity index (χ3n) is 5.60. The standard InChI is InChI=1S/C25H21Te2.CHF3O3S/c1-27(21-10-6-3-7-11-21)23-17-15-19-13-12-18-14-16-22(25(23)24(18)19)26-20-8-4-2-5-9-20;2-1(3,4)8(5,6)7/h2-11,14-17H,12-13H2,1H3;(H,5,6,7)/q+1;/p-1. The van der Waals surface area contributed by atoms with Crippen LogP contribution in [0.15, 0.2) is 84.9 Å². The molecule has 4 aromatic carbocycles. The molecule has 0 radical (unpaired) electrons. The molecular formula is C26H21F3O3STe2. The first-order valence-corrected chi connectivity index (χ1v) is 19.0. The van der Waals surface area contributed by atoms with Crippen LogP contribution in [0.1, 0.15) is 11.1 Å². The van der Waals surface area contributed by atoms with Crippen molar-refractivity contribution < 1.29 is 26.1 Å². The Hall–Kier alpha value is -1.58. The van der Waals surface area contributed by atoms with E-state index in [4.69, 9.17) is 13.0 Å². The zero-order valence-corrected chi connectivity index (χ0v) is 24.1. The molecule has 0 amide bonds. The summed E-state index contributed by atoms with van der Waals surface area (Å²) in [5.74, 6) is 0. The van der Waals surface area contributed by atoms with E-state index >= 15 is 0 Å². The van der Waals surface area contributed by atoms with Crippen molar-refractivity contribution in [1.29, 1.82) is 0 Å². The fourth-order valence-corrected chi connectivity index (χ4v) is 12.0. The average Bonchev–Trinajstić information content (AvgIpc) is 3.25. The van der Waals surface area contributed by atoms with E-state index in [2.05, 4.69) is 89.9 Å². The molecule has 4 aromatic rings. The Morgan fingerprint density at radius 1 is 0.800 bits per heavy atom. The van der Waals surface area contributed by atoms with Crippen molar-refractivity contribution in [1.82, 2.24) is 0 Å². The van der Waals surface area contributed by atoms with Gasteiger partial charge < -0.3 is 4.55 Å². The van der Waals surface area contributed by atoms with Crippen molar-refractivity contribution in [2.45, 2.75) is 23.3 Å². The monoisotopic (exact) mass is 730 g/mol. The zero-order valence-electron chi connectivity index (χ0n) is 18.6. The number of rotatable bonds is 4. The number of hydrogen-bond acceptors (Lipinski definition) is 3. The van der Waals surface area contributed by atoms with Crippen LogP contribution in [0.25, 0.3) is 10.8 Å². The molecule has 1 aliphatic rings. The van der Waals surface area contributed by atoms with E-state index in [0.29, 0.717) is 0 Å². The van der Waals surface area contributed by atoms with E-state index in [9.17, 15) is 13.2 Å². The fourth-order valence-electron chi connectivity index (χ4n) is 3.97. The summed E-state index contributed by atoms with van der Waals surface area (Å²) in [6.45, 7) is 0. The molecule has 0 fully saturated rings. The number of benzene rings is 4. The second-order valence-corrected chi connectivity index (χ2v) is 17.9. The van der Waals surface area contributed by atoms with Gasteiger partial charge in [-0.15, -0.1) is 0 Å². The quantitative estimate of drug-likeness (QED) is 0.185. The molecule has 35 heavy (non-hydrogen) atoms. The van der Waals surface area contributed by atoms with Gasteiger partial charge in [0.15, 0.2) is 10.1 Å². The van der Waals surface area contributed by atoms with Gasteiger partial charge in [0.2, 0.25) is 0 Å². The molecule has 0 saturated carbocycles. The first kappa shape index (κ1) is 26.5. The Bertz CT molecular complexity index is 1430. The van der Waals surface area contributed by atoms with Crippen molar-refractivity contribution in [3.05, 3.63) is 96.1 Å². The summed E-state index contributed by atoms with van der Waals surface area (Å²) in [7, 11) is -6.09. The van der Waals surface area contributed by atoms with Crippen molar-refractivity contribution in [3.8, 4) is 0 Å². The van der Waals surface area contributed by atoms with E-state index in [1.54, 1.807) is 32.7 Å². The summed E-state index contributed by atoms with van der Waals surface area (Å²) >= 11 is -1.93. The Morgan fingerprint density at radius 3 is 1.86 bits per heavy atom. The van der Waals surface area contributed by atoms with Gasteiger partial charge in [0.25, 0.3) is 0 Å². The van der Waals surface area contributed by atoms with E-state index in [0.717, 1.165) is 0 Å². The SMILES string of the molecule is C[Te+](c1ccccc1)c1ccc2c3c(ccc([Te]c4ccccc4)c13)CC2.O=S(=O)([O-])C(F)(F)F. The summed E-state index contributed by atoms with van der Waals surface area (Å²) in [5.41, 5.74) is -2.50. The first-order chi connectivity index (χ1) is 16.6. The summed E-state index contributed by atoms with van der Waals surface area (Å²) in [6.07, 6.45) is 2.43. The molecule has 0 aliphatic heterocycles. The van der Waals surface area contributed by atoms with Gasteiger partial charge in [0, 0.05) is 0 Å². The molecule has 5 rings (SSSR count). The second-order valence-electron chi connectivity index (χ2n) is 7.83. The first-order valence-electron chi connectivity index (χ1n) is 10.6. The van der Waals surface area contributed by atoms with Gasteiger partial charge in [0.05, 0.1) is 0 Å². The molecule has 0 bridgehead atoms. The van der Waals surface area contributed by atoms with E-state index < -0.39 is 35.2 Å². The maximum atomic E-state index is 10.7. The largest absolute Gasteiger partial charge is 0.741 e. The predicted octanol–water partition coefficient (Wildman–Crippen LogP) is 2.88. The molecular weight excluding hydrogens is 705 g/mol. The van der Waals surface area contributed by atoms with Gasteiger partial charge >= 0.3 is 185 Å². The summed E-state index contributed by atoms with van der Waals surface area (Å²) < 4.78 is 65.3. The van der Waals surface area contributed by atoms with Crippen LogP contribution in [0, 0.1) is 0 Å². The molecule has 0 aromatic heterocycles. The van der Waals surface area contributed by atoms with Crippen LogP contribution in [0.3, 0.4) is 0 Å². The molecule has 1 aliphatic carbocycles. The van der Waals surface area contributed by atoms with Crippen LogP contribution in [-0.2, 0) is 23.0 Å². The van der Waals surface area contributed by atoms with Gasteiger partial charge in [-0.3, -0.25) is 0 Å². The topological polar surface area (TPSA) is 57.2 Å². The van der Waals surface area contributed by atoms with Crippen molar-refractivity contribution in [2.75, 3.05) is 0 Å². The van der Waals surface area contributed by atoms with Crippen LogP contribution < -0.4 is 14.4 Å². The number of alkyl halides is 3. The number of aryl methyl sites for hydroxylation is 2. The van der Waals surface area contributed by atoms with Gasteiger partial charge in [-0.2, -0.15) is 13.2 Å². The van der Waals surface area contributed by atoms with Crippen LogP contribution in [0.2, 0.25) is 4.97 Å². The third kappa shape index (κ3) is 6.05. The molecule has 0 saturated heterocycles. The molecule has 182 valence electrons. The third-order valence-corrected chi connectivity index (χ3v) is 14.9. The average molecular weight is 726 g/mol. The Morgan fingerprint density at radius 2 is 1.31 bits per heavy atom. The van der Waals surface area contributed by atoms with Crippen molar-refractivity contribution >= 4 is 75.8 Å². The Kier molecular flexibility index (Phi) is 8.18. The predicted molar refractivity (Wildman–Crippen MR) is 136 cm³/mol. The van der Waals surface area contributed by atoms with E-state index in [1.165, 1.54) is 16.5 Å². The van der Waals surface area contributed by atoms with E-state index in [-0.39, 0.29) is 20.9 Å². The van der Waals surface area contributed by atoms with Gasteiger partial charge in [-0.1, -0.05) is 0 Å². The Balaban J connectivity index is 0.000000314. The van der Waals surface area contributed by atoms with Crippen molar-refractivity contribution in [3.63, 3.8) is 0 Å². The van der Waals surface area contributed by atoms with Crippen LogP contribution in [0.4, 0.5) is 13.2 Å². The molecule has 0 spiro atoms. The van der Waals surface area contributed by atoms with Crippen LogP contribution >= 0.6 is 0 Å². The summed E-state index contributed by atoms with van der Waals surface area (Å²) in [5, 5.41) is 3.24. The number of hydrogen-bond donors (Lipinski definition) is 0. The van der Waals surface area contributed by atoms with Crippen LogP contribution in [-0.4, -0.2) is 59.0 Å². The maximum Gasteiger partial charge on any atom is 0.485 e. The molecule has 0 heterocycles. The molecule has 3 nitrogen and oxygen atoms in total. The van der Waals surface area contributed by atoms with Gasteiger partial charge in [0.1, 0.15) is 0 Å². The number of halogens is 3. The summed E-state index contributed by atoms with van der Waals surface area (Å²) in [6, 6.07) is 32.1. The minimum absolute atomic E-state index is 0.371. The summed E-state index contributed by atoms with van der Waals surface area (Å²) in [4.78, 5) is 2.53. The zero-order chi connectivity index (χ0) is 25.2. The molecule has 9 heteroatoms. The van der Waals surface area contributed by atoms with Crippen molar-refractivity contribution in [2.24, 2.45) is 0 Å². The van der Waals surface area contributed by atoms with Crippen LogP contribution in [0.5, 0.6) is 0 Å².